The first-order valence-electron chi connectivity index (χ1n) is 9.56. The van der Waals surface area contributed by atoms with Crippen LogP contribution in [0.1, 0.15) is 48.0 Å². The maximum Gasteiger partial charge on any atom is 0.334 e. The summed E-state index contributed by atoms with van der Waals surface area (Å²) in [6.07, 6.45) is 0.849. The number of rotatable bonds is 9. The van der Waals surface area contributed by atoms with Crippen molar-refractivity contribution in [3.63, 3.8) is 0 Å². The predicted octanol–water partition coefficient (Wildman–Crippen LogP) is 1.63. The van der Waals surface area contributed by atoms with Crippen molar-refractivity contribution in [2.75, 3.05) is 52.5 Å². The van der Waals surface area contributed by atoms with Gasteiger partial charge >= 0.3 is 11.9 Å². The number of hydroxylamine groups is 2. The van der Waals surface area contributed by atoms with Crippen molar-refractivity contribution in [2.24, 2.45) is 0 Å². The van der Waals surface area contributed by atoms with Gasteiger partial charge in [0, 0.05) is 39.3 Å². The third kappa shape index (κ3) is 12.7. The molecule has 0 amide bonds. The molecule has 0 aliphatic carbocycles. The van der Waals surface area contributed by atoms with Crippen molar-refractivity contribution in [1.29, 1.82) is 0 Å². The lowest BCUT2D eigenvalue weighted by molar-refractivity contribution is -0.200. The Morgan fingerprint density at radius 3 is 1.85 bits per heavy atom. The Bertz CT molecular complexity index is 459. The summed E-state index contributed by atoms with van der Waals surface area (Å²) in [6, 6.07) is 0. The molecule has 0 saturated carbocycles. The number of carbonyl (C=O) groups is 2. The van der Waals surface area contributed by atoms with Gasteiger partial charge in [0.05, 0.1) is 0 Å². The minimum absolute atomic E-state index is 0.0104. The molecule has 1 saturated heterocycles. The molecule has 8 nitrogen and oxygen atoms in total. The van der Waals surface area contributed by atoms with Gasteiger partial charge in [-0.2, -0.15) is 5.06 Å². The monoisotopic (exact) mass is 388 g/mol. The van der Waals surface area contributed by atoms with Crippen LogP contribution in [-0.2, 0) is 28.6 Å². The van der Waals surface area contributed by atoms with Crippen molar-refractivity contribution >= 4 is 11.9 Å². The summed E-state index contributed by atoms with van der Waals surface area (Å²) in [5, 5.41) is 1.80. The number of carbonyl (C=O) groups excluding carboxylic acids is 2. The average Bonchev–Trinajstić information content (AvgIpc) is 2.50. The van der Waals surface area contributed by atoms with Crippen LogP contribution in [0.5, 0.6) is 0 Å². The zero-order valence-corrected chi connectivity index (χ0v) is 17.7. The van der Waals surface area contributed by atoms with Gasteiger partial charge in [-0.3, -0.25) is 4.84 Å². The van der Waals surface area contributed by atoms with Gasteiger partial charge in [-0.1, -0.05) is 0 Å². The molecule has 0 aromatic heterocycles. The second kappa shape index (κ2) is 10.9. The van der Waals surface area contributed by atoms with E-state index in [-0.39, 0.29) is 25.2 Å². The standard InChI is InChI=1S/C19H36N2O6/c1-18(2,3)26-16(22)14-24-13-7-8-20-9-11-21(12-10-20)25-15-17(23)27-19(4,5)6/h7-15H2,1-6H3. The van der Waals surface area contributed by atoms with Crippen LogP contribution in [0.15, 0.2) is 0 Å². The van der Waals surface area contributed by atoms with E-state index < -0.39 is 11.2 Å². The van der Waals surface area contributed by atoms with Crippen molar-refractivity contribution < 1.29 is 28.6 Å². The van der Waals surface area contributed by atoms with E-state index >= 15 is 0 Å². The zero-order chi connectivity index (χ0) is 20.5. The zero-order valence-electron chi connectivity index (χ0n) is 17.7. The van der Waals surface area contributed by atoms with Crippen LogP contribution in [0.4, 0.5) is 0 Å². The van der Waals surface area contributed by atoms with E-state index in [4.69, 9.17) is 19.0 Å². The third-order valence-corrected chi connectivity index (χ3v) is 3.52. The Balaban J connectivity index is 2.06. The van der Waals surface area contributed by atoms with Crippen LogP contribution in [0, 0.1) is 0 Å². The second-order valence-corrected chi connectivity index (χ2v) is 8.62. The van der Waals surface area contributed by atoms with Gasteiger partial charge in [0.25, 0.3) is 0 Å². The van der Waals surface area contributed by atoms with Crippen LogP contribution < -0.4 is 0 Å². The van der Waals surface area contributed by atoms with E-state index in [2.05, 4.69) is 4.90 Å². The lowest BCUT2D eigenvalue weighted by Gasteiger charge is -2.33. The van der Waals surface area contributed by atoms with Gasteiger partial charge in [0.2, 0.25) is 0 Å². The van der Waals surface area contributed by atoms with Crippen LogP contribution in [0.3, 0.4) is 0 Å². The van der Waals surface area contributed by atoms with E-state index in [0.717, 1.165) is 39.1 Å². The SMILES string of the molecule is CC(C)(C)OC(=O)COCCCN1CCN(OCC(=O)OC(C)(C)C)CC1. The second-order valence-electron chi connectivity index (χ2n) is 8.62. The Morgan fingerprint density at radius 2 is 1.33 bits per heavy atom. The summed E-state index contributed by atoms with van der Waals surface area (Å²) in [6.45, 7) is 15.6. The summed E-state index contributed by atoms with van der Waals surface area (Å²) in [4.78, 5) is 31.0. The lowest BCUT2D eigenvalue weighted by atomic mass is 10.2. The van der Waals surface area contributed by atoms with Crippen LogP contribution in [0.2, 0.25) is 0 Å². The summed E-state index contributed by atoms with van der Waals surface area (Å²) >= 11 is 0. The van der Waals surface area contributed by atoms with Gasteiger partial charge in [0.1, 0.15) is 17.8 Å². The van der Waals surface area contributed by atoms with E-state index in [1.165, 1.54) is 0 Å². The summed E-state index contributed by atoms with van der Waals surface area (Å²) < 4.78 is 15.8. The molecular formula is C19H36N2O6. The molecule has 1 aliphatic rings. The van der Waals surface area contributed by atoms with Crippen LogP contribution >= 0.6 is 0 Å². The molecule has 158 valence electrons. The molecule has 0 spiro atoms. The minimum atomic E-state index is -0.495. The fourth-order valence-corrected chi connectivity index (χ4v) is 2.51. The van der Waals surface area contributed by atoms with Crippen molar-refractivity contribution in [2.45, 2.75) is 59.2 Å². The average molecular weight is 389 g/mol. The molecule has 0 radical (unpaired) electrons. The highest BCUT2D eigenvalue weighted by Crippen LogP contribution is 2.09. The Morgan fingerprint density at radius 1 is 0.815 bits per heavy atom. The molecule has 0 unspecified atom stereocenters. The third-order valence-electron chi connectivity index (χ3n) is 3.52. The largest absolute Gasteiger partial charge is 0.458 e. The molecule has 1 heterocycles. The summed E-state index contributed by atoms with van der Waals surface area (Å²) in [5.41, 5.74) is -0.976. The molecule has 8 heteroatoms. The first-order valence-corrected chi connectivity index (χ1v) is 9.56. The quantitative estimate of drug-likeness (QED) is 0.436. The Hall–Kier alpha value is -1.22. The van der Waals surface area contributed by atoms with Crippen molar-refractivity contribution in [1.82, 2.24) is 9.96 Å². The summed E-state index contributed by atoms with van der Waals surface area (Å²) in [5.74, 6) is -0.690. The Kier molecular flexibility index (Phi) is 9.66. The number of hydrogen-bond donors (Lipinski definition) is 0. The van der Waals surface area contributed by atoms with Gasteiger partial charge in [-0.05, 0) is 48.0 Å². The highest BCUT2D eigenvalue weighted by Gasteiger charge is 2.21. The summed E-state index contributed by atoms with van der Waals surface area (Å²) in [7, 11) is 0. The maximum absolute atomic E-state index is 11.7. The van der Waals surface area contributed by atoms with Crippen LogP contribution in [0.25, 0.3) is 0 Å². The van der Waals surface area contributed by atoms with E-state index in [1.807, 2.05) is 41.5 Å². The molecule has 1 aliphatic heterocycles. The number of hydrogen-bond acceptors (Lipinski definition) is 8. The molecule has 27 heavy (non-hydrogen) atoms. The smallest absolute Gasteiger partial charge is 0.334 e. The first kappa shape index (κ1) is 23.8. The fourth-order valence-electron chi connectivity index (χ4n) is 2.51. The van der Waals surface area contributed by atoms with E-state index in [1.54, 1.807) is 5.06 Å². The first-order chi connectivity index (χ1) is 12.4. The Labute approximate surface area is 163 Å². The predicted molar refractivity (Wildman–Crippen MR) is 101 cm³/mol. The topological polar surface area (TPSA) is 77.5 Å². The van der Waals surface area contributed by atoms with Gasteiger partial charge in [0.15, 0.2) is 6.61 Å². The molecule has 0 atom stereocenters. The van der Waals surface area contributed by atoms with E-state index in [0.29, 0.717) is 6.61 Å². The molecular weight excluding hydrogens is 352 g/mol. The lowest BCUT2D eigenvalue weighted by Crippen LogP contribution is -2.47. The highest BCUT2D eigenvalue weighted by molar-refractivity contribution is 5.71. The molecule has 1 rings (SSSR count). The van der Waals surface area contributed by atoms with Gasteiger partial charge in [-0.15, -0.1) is 0 Å². The maximum atomic E-state index is 11.7. The van der Waals surface area contributed by atoms with Crippen molar-refractivity contribution in [3.8, 4) is 0 Å². The molecule has 1 fully saturated rings. The highest BCUT2D eigenvalue weighted by atomic mass is 16.7. The molecule has 0 aromatic rings. The normalized spacial score (nSPS) is 17.0. The number of esters is 2. The van der Waals surface area contributed by atoms with Gasteiger partial charge < -0.3 is 19.1 Å². The number of nitrogens with zero attached hydrogens (tertiary/aromatic N) is 2. The van der Waals surface area contributed by atoms with E-state index in [9.17, 15) is 9.59 Å². The molecule has 0 N–H and O–H groups in total. The fraction of sp³-hybridized carbons (Fsp3) is 0.895. The molecule has 0 bridgehead atoms. The minimum Gasteiger partial charge on any atom is -0.458 e. The number of piperazine rings is 1. The molecule has 0 aromatic carbocycles. The number of ether oxygens (including phenoxy) is 3. The van der Waals surface area contributed by atoms with Crippen molar-refractivity contribution in [3.05, 3.63) is 0 Å². The van der Waals surface area contributed by atoms with Crippen LogP contribution in [-0.4, -0.2) is 85.6 Å². The van der Waals surface area contributed by atoms with Gasteiger partial charge in [-0.25, -0.2) is 9.59 Å².